The zero-order valence-corrected chi connectivity index (χ0v) is 19.5. The molecule has 1 aliphatic rings. The molecule has 1 aromatic heterocycles. The van der Waals surface area contributed by atoms with Crippen LogP contribution in [0, 0.1) is 0 Å². The molecule has 1 atom stereocenters. The van der Waals surface area contributed by atoms with Crippen LogP contribution in [0.1, 0.15) is 23.6 Å². The summed E-state index contributed by atoms with van der Waals surface area (Å²) in [4.78, 5) is 4.84. The summed E-state index contributed by atoms with van der Waals surface area (Å²) in [7, 11) is 0. The van der Waals surface area contributed by atoms with Crippen LogP contribution >= 0.6 is 0 Å². The number of hydrogen-bond donors (Lipinski definition) is 2. The third-order valence-electron chi connectivity index (χ3n) is 6.21. The molecule has 5 aromatic rings. The van der Waals surface area contributed by atoms with Crippen molar-refractivity contribution in [2.45, 2.75) is 12.5 Å². The van der Waals surface area contributed by atoms with Gasteiger partial charge in [-0.3, -0.25) is 0 Å². The molecule has 0 aliphatic carbocycles. The summed E-state index contributed by atoms with van der Waals surface area (Å²) in [6.07, 6.45) is 0.852. The highest BCUT2D eigenvalue weighted by Crippen LogP contribution is 2.30. The van der Waals surface area contributed by atoms with Crippen molar-refractivity contribution >= 4 is 17.3 Å². The van der Waals surface area contributed by atoms with Crippen LogP contribution in [-0.4, -0.2) is 20.9 Å². The number of hydrogen-bond acceptors (Lipinski definition) is 6. The van der Waals surface area contributed by atoms with Crippen molar-refractivity contribution in [3.05, 3.63) is 126 Å². The zero-order chi connectivity index (χ0) is 24.2. The zero-order valence-electron chi connectivity index (χ0n) is 19.5. The summed E-state index contributed by atoms with van der Waals surface area (Å²) in [6, 6.07) is 38.9. The molecule has 36 heavy (non-hydrogen) atoms. The summed E-state index contributed by atoms with van der Waals surface area (Å²) in [5, 5.41) is 16.8. The molecule has 1 aliphatic heterocycles. The molecule has 2 N–H and O–H groups in total. The molecule has 0 bridgehead atoms. The van der Waals surface area contributed by atoms with Gasteiger partial charge in [0.15, 0.2) is 0 Å². The molecule has 0 radical (unpaired) electrons. The molecule has 0 amide bonds. The molecule has 1 unspecified atom stereocenters. The highest BCUT2D eigenvalue weighted by atomic mass is 15.3. The number of rotatable bonds is 6. The van der Waals surface area contributed by atoms with Crippen molar-refractivity contribution in [3.8, 4) is 22.5 Å². The highest BCUT2D eigenvalue weighted by molar-refractivity contribution is 6.02. The van der Waals surface area contributed by atoms with Crippen molar-refractivity contribution in [1.82, 2.24) is 20.6 Å². The van der Waals surface area contributed by atoms with Gasteiger partial charge < -0.3 is 10.7 Å². The van der Waals surface area contributed by atoms with Crippen molar-refractivity contribution in [1.29, 1.82) is 0 Å². The highest BCUT2D eigenvalue weighted by Gasteiger charge is 2.21. The summed E-state index contributed by atoms with van der Waals surface area (Å²) < 4.78 is 0. The van der Waals surface area contributed by atoms with Crippen molar-refractivity contribution < 1.29 is 0 Å². The fourth-order valence-corrected chi connectivity index (χ4v) is 4.34. The summed E-state index contributed by atoms with van der Waals surface area (Å²) >= 11 is 0. The maximum atomic E-state index is 4.84. The van der Waals surface area contributed by atoms with Gasteiger partial charge in [-0.2, -0.15) is 5.10 Å². The van der Waals surface area contributed by atoms with Crippen LogP contribution in [0.2, 0.25) is 0 Å². The predicted octanol–water partition coefficient (Wildman–Crippen LogP) is 6.39. The number of anilines is 2. The second kappa shape index (κ2) is 9.80. The van der Waals surface area contributed by atoms with E-state index in [9.17, 15) is 0 Å². The van der Waals surface area contributed by atoms with Crippen LogP contribution in [0.25, 0.3) is 22.5 Å². The van der Waals surface area contributed by atoms with E-state index >= 15 is 0 Å². The van der Waals surface area contributed by atoms with E-state index in [1.165, 1.54) is 5.56 Å². The molecule has 0 spiro atoms. The monoisotopic (exact) mass is 468 g/mol. The minimum absolute atomic E-state index is 0.206. The Labute approximate surface area is 209 Å². The molecular weight excluding hydrogens is 444 g/mol. The van der Waals surface area contributed by atoms with Gasteiger partial charge in [0.1, 0.15) is 11.4 Å². The molecule has 0 saturated heterocycles. The fourth-order valence-electron chi connectivity index (χ4n) is 4.34. The molecule has 6 nitrogen and oxygen atoms in total. The van der Waals surface area contributed by atoms with Gasteiger partial charge in [0.25, 0.3) is 0 Å². The fraction of sp³-hybridized carbons (Fsp3) is 0.0667. The topological polar surface area (TPSA) is 75.1 Å². The second-order valence-corrected chi connectivity index (χ2v) is 8.62. The SMILES string of the molecule is c1ccc(-c2nnc(Nc3ccc(C4=NNC(c5ccccc5)C4)cc3)nc2-c2ccccc2)cc1. The molecule has 6 heteroatoms. The van der Waals surface area contributed by atoms with Gasteiger partial charge in [0, 0.05) is 23.2 Å². The van der Waals surface area contributed by atoms with Crippen molar-refractivity contribution in [2.75, 3.05) is 5.32 Å². The molecule has 174 valence electrons. The molecule has 0 saturated carbocycles. The minimum atomic E-state index is 0.206. The first-order chi connectivity index (χ1) is 17.8. The lowest BCUT2D eigenvalue weighted by Gasteiger charge is -2.11. The largest absolute Gasteiger partial charge is 0.323 e. The standard InChI is InChI=1S/C30H24N6/c1-4-10-21(11-5-1)26-20-27(34-33-26)22-16-18-25(19-17-22)31-30-32-28(23-12-6-2-7-13-23)29(35-36-30)24-14-8-3-9-15-24/h1-19,26,33H,20H2,(H,31,32,36). The number of nitrogens with zero attached hydrogens (tertiary/aromatic N) is 4. The smallest absolute Gasteiger partial charge is 0.247 e. The van der Waals surface area contributed by atoms with Crippen LogP contribution in [-0.2, 0) is 0 Å². The van der Waals surface area contributed by atoms with E-state index in [-0.39, 0.29) is 6.04 Å². The van der Waals surface area contributed by atoms with Crippen molar-refractivity contribution in [2.24, 2.45) is 5.10 Å². The van der Waals surface area contributed by atoms with E-state index < -0.39 is 0 Å². The van der Waals surface area contributed by atoms with E-state index in [0.29, 0.717) is 5.95 Å². The summed E-state index contributed by atoms with van der Waals surface area (Å²) in [5.41, 5.74) is 11.0. The van der Waals surface area contributed by atoms with Crippen LogP contribution in [0.4, 0.5) is 11.6 Å². The van der Waals surface area contributed by atoms with E-state index in [2.05, 4.69) is 62.4 Å². The summed E-state index contributed by atoms with van der Waals surface area (Å²) in [6.45, 7) is 0. The Kier molecular flexibility index (Phi) is 5.90. The predicted molar refractivity (Wildman–Crippen MR) is 144 cm³/mol. The Morgan fingerprint density at radius 1 is 0.611 bits per heavy atom. The van der Waals surface area contributed by atoms with Crippen LogP contribution in [0.15, 0.2) is 120 Å². The maximum Gasteiger partial charge on any atom is 0.247 e. The van der Waals surface area contributed by atoms with Gasteiger partial charge >= 0.3 is 0 Å². The van der Waals surface area contributed by atoms with Gasteiger partial charge in [-0.15, -0.1) is 10.2 Å². The van der Waals surface area contributed by atoms with Gasteiger partial charge in [0.05, 0.1) is 11.8 Å². The van der Waals surface area contributed by atoms with Crippen LogP contribution < -0.4 is 10.7 Å². The number of hydrazone groups is 1. The third-order valence-corrected chi connectivity index (χ3v) is 6.21. The van der Waals surface area contributed by atoms with Crippen molar-refractivity contribution in [3.63, 3.8) is 0 Å². The van der Waals surface area contributed by atoms with E-state index in [1.54, 1.807) is 0 Å². The van der Waals surface area contributed by atoms with Gasteiger partial charge in [-0.05, 0) is 23.3 Å². The van der Waals surface area contributed by atoms with Gasteiger partial charge in [-0.25, -0.2) is 4.98 Å². The lowest BCUT2D eigenvalue weighted by Crippen LogP contribution is -2.09. The normalized spacial score (nSPS) is 14.7. The lowest BCUT2D eigenvalue weighted by atomic mass is 9.99. The number of aromatic nitrogens is 3. The first-order valence-electron chi connectivity index (χ1n) is 11.9. The molecule has 2 heterocycles. The first kappa shape index (κ1) is 21.7. The average molecular weight is 469 g/mol. The Balaban J connectivity index is 1.22. The Bertz CT molecular complexity index is 1480. The molecule has 4 aromatic carbocycles. The van der Waals surface area contributed by atoms with Crippen LogP contribution in [0.5, 0.6) is 0 Å². The lowest BCUT2D eigenvalue weighted by molar-refractivity contribution is 0.620. The molecular formula is C30H24N6. The Morgan fingerprint density at radius 2 is 1.22 bits per heavy atom. The van der Waals surface area contributed by atoms with Crippen LogP contribution in [0.3, 0.4) is 0 Å². The Hall–Kier alpha value is -4.84. The second-order valence-electron chi connectivity index (χ2n) is 8.62. The summed E-state index contributed by atoms with van der Waals surface area (Å²) in [5.74, 6) is 0.449. The molecule has 0 fully saturated rings. The number of nitrogens with one attached hydrogen (secondary N) is 2. The van der Waals surface area contributed by atoms with E-state index in [1.807, 2.05) is 78.9 Å². The average Bonchev–Trinajstić information content (AvgIpc) is 3.45. The Morgan fingerprint density at radius 3 is 1.89 bits per heavy atom. The van der Waals surface area contributed by atoms with Gasteiger partial charge in [-0.1, -0.05) is 103 Å². The third kappa shape index (κ3) is 4.57. The maximum absolute atomic E-state index is 4.84. The van der Waals surface area contributed by atoms with E-state index in [0.717, 1.165) is 45.9 Å². The van der Waals surface area contributed by atoms with Gasteiger partial charge in [0.2, 0.25) is 5.95 Å². The molecule has 6 rings (SSSR count). The number of benzene rings is 4. The first-order valence-corrected chi connectivity index (χ1v) is 11.9. The van der Waals surface area contributed by atoms with E-state index in [4.69, 9.17) is 4.98 Å². The minimum Gasteiger partial charge on any atom is -0.323 e. The quantitative estimate of drug-likeness (QED) is 0.302.